The Kier molecular flexibility index (Phi) is 7.13. The molecule has 0 aliphatic heterocycles. The summed E-state index contributed by atoms with van der Waals surface area (Å²) in [6.45, 7) is 1.26. The molecular formula is C15H17F6NO4. The predicted molar refractivity (Wildman–Crippen MR) is 77.5 cm³/mol. The van der Waals surface area contributed by atoms with Crippen molar-refractivity contribution in [1.82, 2.24) is 0 Å². The minimum atomic E-state index is -5.12. The lowest BCUT2D eigenvalue weighted by Crippen LogP contribution is -2.26. The normalized spacial score (nSPS) is 14.6. The molecule has 1 aromatic rings. The summed E-state index contributed by atoms with van der Waals surface area (Å²) in [5, 5.41) is 8.98. The van der Waals surface area contributed by atoms with Gasteiger partial charge in [0.1, 0.15) is 11.5 Å². The van der Waals surface area contributed by atoms with Gasteiger partial charge in [0, 0.05) is 12.1 Å². The molecule has 2 unspecified atom stereocenters. The third-order valence-electron chi connectivity index (χ3n) is 3.41. The molecular weight excluding hydrogens is 372 g/mol. The summed E-state index contributed by atoms with van der Waals surface area (Å²) in [5.74, 6) is -4.47. The summed E-state index contributed by atoms with van der Waals surface area (Å²) in [7, 11) is 0. The van der Waals surface area contributed by atoms with Crippen molar-refractivity contribution in [3.63, 3.8) is 0 Å². The van der Waals surface area contributed by atoms with Gasteiger partial charge < -0.3 is 20.3 Å². The second-order valence-electron chi connectivity index (χ2n) is 5.64. The topological polar surface area (TPSA) is 81.8 Å². The number of benzene rings is 1. The SMILES string of the molecule is CC(Cc1c(OC(F)(F)F)cccc1OC(F)(F)F)CC(CN)C(=O)O. The maximum absolute atomic E-state index is 12.5. The fraction of sp³-hybridized carbons (Fsp3) is 0.533. The minimum Gasteiger partial charge on any atom is -0.481 e. The molecule has 1 aromatic carbocycles. The second-order valence-corrected chi connectivity index (χ2v) is 5.64. The Morgan fingerprint density at radius 3 is 1.92 bits per heavy atom. The van der Waals surface area contributed by atoms with Crippen LogP contribution >= 0.6 is 0 Å². The first-order valence-electron chi connectivity index (χ1n) is 7.38. The Balaban J connectivity index is 3.16. The molecule has 0 bridgehead atoms. The minimum absolute atomic E-state index is 0.0440. The maximum atomic E-state index is 12.5. The van der Waals surface area contributed by atoms with Crippen LogP contribution in [0.2, 0.25) is 0 Å². The van der Waals surface area contributed by atoms with E-state index in [9.17, 15) is 31.1 Å². The van der Waals surface area contributed by atoms with E-state index in [1.165, 1.54) is 6.92 Å². The highest BCUT2D eigenvalue weighted by atomic mass is 19.4. The Bertz CT molecular complexity index is 583. The van der Waals surface area contributed by atoms with E-state index < -0.39 is 47.6 Å². The zero-order valence-electron chi connectivity index (χ0n) is 13.5. The van der Waals surface area contributed by atoms with Crippen LogP contribution in [-0.4, -0.2) is 30.3 Å². The number of halogens is 6. The molecule has 2 atom stereocenters. The fourth-order valence-electron chi connectivity index (χ4n) is 2.40. The molecule has 0 saturated carbocycles. The van der Waals surface area contributed by atoms with Gasteiger partial charge in [-0.15, -0.1) is 26.3 Å². The number of hydrogen-bond donors (Lipinski definition) is 2. The molecule has 3 N–H and O–H groups in total. The van der Waals surface area contributed by atoms with Crippen LogP contribution in [0, 0.1) is 11.8 Å². The zero-order valence-corrected chi connectivity index (χ0v) is 13.5. The first kappa shape index (κ1) is 21.9. The average Bonchev–Trinajstić information content (AvgIpc) is 2.44. The van der Waals surface area contributed by atoms with E-state index in [2.05, 4.69) is 9.47 Å². The molecule has 5 nitrogen and oxygen atoms in total. The summed E-state index contributed by atoms with van der Waals surface area (Å²) >= 11 is 0. The van der Waals surface area contributed by atoms with Crippen molar-refractivity contribution in [2.75, 3.05) is 6.54 Å². The quantitative estimate of drug-likeness (QED) is 0.663. The molecule has 0 aliphatic rings. The smallest absolute Gasteiger partial charge is 0.481 e. The maximum Gasteiger partial charge on any atom is 0.573 e. The number of rotatable bonds is 8. The van der Waals surface area contributed by atoms with Crippen molar-refractivity contribution in [2.45, 2.75) is 32.5 Å². The van der Waals surface area contributed by atoms with Gasteiger partial charge in [0.05, 0.1) is 5.92 Å². The van der Waals surface area contributed by atoms with Crippen LogP contribution in [0.15, 0.2) is 18.2 Å². The van der Waals surface area contributed by atoms with E-state index in [-0.39, 0.29) is 19.4 Å². The first-order valence-corrected chi connectivity index (χ1v) is 7.38. The molecule has 0 aliphatic carbocycles. The lowest BCUT2D eigenvalue weighted by atomic mass is 9.90. The summed E-state index contributed by atoms with van der Waals surface area (Å²) in [6, 6.07) is 2.64. The first-order chi connectivity index (χ1) is 11.8. The lowest BCUT2D eigenvalue weighted by molar-refractivity contribution is -0.277. The number of hydrogen-bond acceptors (Lipinski definition) is 4. The number of aliphatic carboxylic acids is 1. The van der Waals surface area contributed by atoms with Crippen LogP contribution < -0.4 is 15.2 Å². The standard InChI is InChI=1S/C15H17F6NO4/c1-8(5-9(7-22)13(23)24)6-10-11(25-14(16,17)18)3-2-4-12(10)26-15(19,20)21/h2-4,8-9H,5-7,22H2,1H3,(H,23,24). The van der Waals surface area contributed by atoms with Crippen LogP contribution in [0.3, 0.4) is 0 Å². The Labute approximate surface area is 144 Å². The van der Waals surface area contributed by atoms with E-state index in [1.54, 1.807) is 0 Å². The van der Waals surface area contributed by atoms with Crippen molar-refractivity contribution in [3.8, 4) is 11.5 Å². The van der Waals surface area contributed by atoms with Gasteiger partial charge >= 0.3 is 18.7 Å². The van der Waals surface area contributed by atoms with Crippen LogP contribution in [-0.2, 0) is 11.2 Å². The van der Waals surface area contributed by atoms with E-state index in [1.807, 2.05) is 0 Å². The highest BCUT2D eigenvalue weighted by molar-refractivity contribution is 5.70. The molecule has 0 aromatic heterocycles. The van der Waals surface area contributed by atoms with E-state index in [0.29, 0.717) is 0 Å². The van der Waals surface area contributed by atoms with Crippen molar-refractivity contribution >= 4 is 5.97 Å². The Morgan fingerprint density at radius 1 is 1.12 bits per heavy atom. The average molecular weight is 389 g/mol. The molecule has 1 rings (SSSR count). The summed E-state index contributed by atoms with van der Waals surface area (Å²) < 4.78 is 82.7. The van der Waals surface area contributed by atoms with Crippen molar-refractivity contribution in [1.29, 1.82) is 0 Å². The van der Waals surface area contributed by atoms with Gasteiger partial charge in [0.25, 0.3) is 0 Å². The van der Waals surface area contributed by atoms with Crippen molar-refractivity contribution < 1.29 is 45.7 Å². The van der Waals surface area contributed by atoms with E-state index in [0.717, 1.165) is 18.2 Å². The van der Waals surface area contributed by atoms with Crippen LogP contribution in [0.25, 0.3) is 0 Å². The van der Waals surface area contributed by atoms with Gasteiger partial charge in [-0.1, -0.05) is 13.0 Å². The van der Waals surface area contributed by atoms with E-state index >= 15 is 0 Å². The molecule has 0 saturated heterocycles. The molecule has 0 fully saturated rings. The van der Waals surface area contributed by atoms with Gasteiger partial charge in [0.2, 0.25) is 0 Å². The van der Waals surface area contributed by atoms with Gasteiger partial charge in [-0.3, -0.25) is 4.79 Å². The molecule has 26 heavy (non-hydrogen) atoms. The second kappa shape index (κ2) is 8.47. The third kappa shape index (κ3) is 7.38. The monoisotopic (exact) mass is 389 g/mol. The molecule has 0 amide bonds. The molecule has 11 heteroatoms. The third-order valence-corrected chi connectivity index (χ3v) is 3.41. The number of carbonyl (C=O) groups is 1. The Hall–Kier alpha value is -2.17. The summed E-state index contributed by atoms with van der Waals surface area (Å²) in [5.41, 5.74) is 4.85. The molecule has 148 valence electrons. The molecule has 0 spiro atoms. The number of carboxylic acid groups (broad SMARTS) is 1. The highest BCUT2D eigenvalue weighted by Crippen LogP contribution is 2.37. The predicted octanol–water partition coefficient (Wildman–Crippen LogP) is 3.71. The largest absolute Gasteiger partial charge is 0.573 e. The fourth-order valence-corrected chi connectivity index (χ4v) is 2.40. The zero-order chi connectivity index (χ0) is 20.1. The van der Waals surface area contributed by atoms with Gasteiger partial charge in [0.15, 0.2) is 0 Å². The number of alkyl halides is 6. The lowest BCUT2D eigenvalue weighted by Gasteiger charge is -2.21. The van der Waals surface area contributed by atoms with Crippen LogP contribution in [0.5, 0.6) is 11.5 Å². The Morgan fingerprint density at radius 2 is 1.58 bits per heavy atom. The van der Waals surface area contributed by atoms with E-state index in [4.69, 9.17) is 10.8 Å². The molecule has 0 heterocycles. The number of nitrogens with two attached hydrogens (primary N) is 1. The number of carboxylic acids is 1. The summed E-state index contributed by atoms with van der Waals surface area (Å²) in [6.07, 6.45) is -10.6. The van der Waals surface area contributed by atoms with Crippen LogP contribution in [0.1, 0.15) is 18.9 Å². The number of ether oxygens (including phenoxy) is 2. The summed E-state index contributed by atoms with van der Waals surface area (Å²) in [4.78, 5) is 11.0. The van der Waals surface area contributed by atoms with Gasteiger partial charge in [-0.2, -0.15) is 0 Å². The van der Waals surface area contributed by atoms with Crippen LogP contribution in [0.4, 0.5) is 26.3 Å². The van der Waals surface area contributed by atoms with Gasteiger partial charge in [-0.05, 0) is 30.9 Å². The van der Waals surface area contributed by atoms with Gasteiger partial charge in [-0.25, -0.2) is 0 Å². The van der Waals surface area contributed by atoms with Crippen molar-refractivity contribution in [3.05, 3.63) is 23.8 Å². The molecule has 0 radical (unpaired) electrons. The van der Waals surface area contributed by atoms with Crippen molar-refractivity contribution in [2.24, 2.45) is 17.6 Å². The highest BCUT2D eigenvalue weighted by Gasteiger charge is 2.36.